The van der Waals surface area contributed by atoms with Crippen LogP contribution < -0.4 is 11.1 Å². The SMILES string of the molecule is CC(C)C(CN(C)C)Nc1ccccc1N. The molecule has 0 saturated carbocycles. The second-order valence-electron chi connectivity index (χ2n) is 4.84. The molecule has 1 atom stereocenters. The Morgan fingerprint density at radius 1 is 1.25 bits per heavy atom. The van der Waals surface area contributed by atoms with Crippen LogP contribution in [0, 0.1) is 5.92 Å². The highest BCUT2D eigenvalue weighted by Gasteiger charge is 2.14. The van der Waals surface area contributed by atoms with Crippen molar-refractivity contribution in [3.63, 3.8) is 0 Å². The molecular weight excluding hydrogens is 198 g/mol. The molecule has 0 aliphatic carbocycles. The largest absolute Gasteiger partial charge is 0.397 e. The van der Waals surface area contributed by atoms with Gasteiger partial charge < -0.3 is 16.0 Å². The van der Waals surface area contributed by atoms with Crippen LogP contribution in [-0.4, -0.2) is 31.6 Å². The topological polar surface area (TPSA) is 41.3 Å². The van der Waals surface area contributed by atoms with Crippen molar-refractivity contribution in [2.45, 2.75) is 19.9 Å². The van der Waals surface area contributed by atoms with Crippen LogP contribution in [0.2, 0.25) is 0 Å². The summed E-state index contributed by atoms with van der Waals surface area (Å²) in [5.41, 5.74) is 7.77. The fourth-order valence-electron chi connectivity index (χ4n) is 1.64. The molecule has 3 N–H and O–H groups in total. The summed E-state index contributed by atoms with van der Waals surface area (Å²) in [6, 6.07) is 8.33. The molecule has 90 valence electrons. The Labute approximate surface area is 98.6 Å². The summed E-state index contributed by atoms with van der Waals surface area (Å²) in [4.78, 5) is 2.19. The number of rotatable bonds is 5. The Bertz CT molecular complexity index is 321. The van der Waals surface area contributed by atoms with Gasteiger partial charge in [-0.2, -0.15) is 0 Å². The molecule has 0 amide bonds. The van der Waals surface area contributed by atoms with E-state index in [1.54, 1.807) is 0 Å². The molecule has 16 heavy (non-hydrogen) atoms. The van der Waals surface area contributed by atoms with Gasteiger partial charge in [0.15, 0.2) is 0 Å². The second kappa shape index (κ2) is 5.75. The molecule has 0 spiro atoms. The molecule has 0 radical (unpaired) electrons. The van der Waals surface area contributed by atoms with Crippen LogP contribution in [0.3, 0.4) is 0 Å². The van der Waals surface area contributed by atoms with Crippen molar-refractivity contribution < 1.29 is 0 Å². The summed E-state index contributed by atoms with van der Waals surface area (Å²) in [6.45, 7) is 5.45. The zero-order valence-corrected chi connectivity index (χ0v) is 10.7. The quantitative estimate of drug-likeness (QED) is 0.749. The first-order chi connectivity index (χ1) is 7.50. The number of likely N-dealkylation sites (N-methyl/N-ethyl adjacent to an activating group) is 1. The summed E-state index contributed by atoms with van der Waals surface area (Å²) in [7, 11) is 4.18. The Hall–Kier alpha value is -1.22. The van der Waals surface area contributed by atoms with E-state index < -0.39 is 0 Å². The lowest BCUT2D eigenvalue weighted by molar-refractivity contribution is 0.344. The van der Waals surface area contributed by atoms with Crippen LogP contribution in [0.15, 0.2) is 24.3 Å². The predicted octanol–water partition coefficient (Wildman–Crippen LogP) is 2.27. The highest BCUT2D eigenvalue weighted by Crippen LogP contribution is 2.20. The first-order valence-electron chi connectivity index (χ1n) is 5.76. The van der Waals surface area contributed by atoms with Gasteiger partial charge in [0.1, 0.15) is 0 Å². The fraction of sp³-hybridized carbons (Fsp3) is 0.538. The lowest BCUT2D eigenvalue weighted by Gasteiger charge is -2.27. The van der Waals surface area contributed by atoms with Crippen LogP contribution in [0.4, 0.5) is 11.4 Å². The van der Waals surface area contributed by atoms with Gasteiger partial charge in [-0.05, 0) is 32.1 Å². The molecule has 0 fully saturated rings. The van der Waals surface area contributed by atoms with Crippen molar-refractivity contribution in [3.8, 4) is 0 Å². The predicted molar refractivity (Wildman–Crippen MR) is 71.7 cm³/mol. The maximum absolute atomic E-state index is 5.92. The normalized spacial score (nSPS) is 13.1. The number of hydrogen-bond donors (Lipinski definition) is 2. The zero-order chi connectivity index (χ0) is 12.1. The molecule has 3 nitrogen and oxygen atoms in total. The van der Waals surface area contributed by atoms with Gasteiger partial charge in [0.2, 0.25) is 0 Å². The molecule has 0 aliphatic heterocycles. The van der Waals surface area contributed by atoms with Crippen molar-refractivity contribution >= 4 is 11.4 Å². The Morgan fingerprint density at radius 3 is 2.38 bits per heavy atom. The van der Waals surface area contributed by atoms with E-state index in [-0.39, 0.29) is 0 Å². The highest BCUT2D eigenvalue weighted by atomic mass is 15.1. The summed E-state index contributed by atoms with van der Waals surface area (Å²) in [5.74, 6) is 0.571. The van der Waals surface area contributed by atoms with Crippen molar-refractivity contribution in [3.05, 3.63) is 24.3 Å². The molecule has 1 rings (SSSR count). The van der Waals surface area contributed by atoms with Crippen LogP contribution in [0.1, 0.15) is 13.8 Å². The minimum absolute atomic E-state index is 0.416. The minimum atomic E-state index is 0.416. The standard InChI is InChI=1S/C13H23N3/c1-10(2)13(9-16(3)4)15-12-8-6-5-7-11(12)14/h5-8,10,13,15H,9,14H2,1-4H3. The number of para-hydroxylation sites is 2. The third-order valence-corrected chi connectivity index (χ3v) is 2.67. The van der Waals surface area contributed by atoms with Crippen molar-refractivity contribution in [1.82, 2.24) is 4.90 Å². The number of nitrogens with two attached hydrogens (primary N) is 1. The van der Waals surface area contributed by atoms with Crippen LogP contribution in [0.25, 0.3) is 0 Å². The molecule has 0 aromatic heterocycles. The first-order valence-corrected chi connectivity index (χ1v) is 5.76. The molecule has 1 aromatic rings. The van der Waals surface area contributed by atoms with E-state index in [0.29, 0.717) is 12.0 Å². The van der Waals surface area contributed by atoms with Gasteiger partial charge in [-0.25, -0.2) is 0 Å². The van der Waals surface area contributed by atoms with E-state index in [9.17, 15) is 0 Å². The van der Waals surface area contributed by atoms with Gasteiger partial charge in [0.05, 0.1) is 11.4 Å². The maximum Gasteiger partial charge on any atom is 0.0576 e. The number of nitrogens with zero attached hydrogens (tertiary/aromatic N) is 1. The summed E-state index contributed by atoms with van der Waals surface area (Å²) >= 11 is 0. The van der Waals surface area contributed by atoms with Crippen LogP contribution >= 0.6 is 0 Å². The summed E-state index contributed by atoms with van der Waals surface area (Å²) < 4.78 is 0. The van der Waals surface area contributed by atoms with E-state index in [1.165, 1.54) is 0 Å². The molecule has 0 aliphatic rings. The smallest absolute Gasteiger partial charge is 0.0576 e. The highest BCUT2D eigenvalue weighted by molar-refractivity contribution is 5.66. The Morgan fingerprint density at radius 2 is 1.88 bits per heavy atom. The molecule has 0 saturated heterocycles. The van der Waals surface area contributed by atoms with Gasteiger partial charge in [0.25, 0.3) is 0 Å². The van der Waals surface area contributed by atoms with E-state index in [4.69, 9.17) is 5.73 Å². The van der Waals surface area contributed by atoms with E-state index in [0.717, 1.165) is 17.9 Å². The summed E-state index contributed by atoms with van der Waals surface area (Å²) in [6.07, 6.45) is 0. The van der Waals surface area contributed by atoms with Gasteiger partial charge in [-0.15, -0.1) is 0 Å². The monoisotopic (exact) mass is 221 g/mol. The van der Waals surface area contributed by atoms with Crippen LogP contribution in [-0.2, 0) is 0 Å². The Kier molecular flexibility index (Phi) is 4.62. The lowest BCUT2D eigenvalue weighted by atomic mass is 10.0. The molecule has 1 aromatic carbocycles. The number of nitrogen functional groups attached to an aromatic ring is 1. The van der Waals surface area contributed by atoms with Gasteiger partial charge in [-0.1, -0.05) is 26.0 Å². The minimum Gasteiger partial charge on any atom is -0.397 e. The number of anilines is 2. The average Bonchev–Trinajstić information content (AvgIpc) is 2.19. The third kappa shape index (κ3) is 3.74. The Balaban J connectivity index is 2.72. The molecule has 1 unspecified atom stereocenters. The van der Waals surface area contributed by atoms with Gasteiger partial charge in [-0.3, -0.25) is 0 Å². The number of hydrogen-bond acceptors (Lipinski definition) is 3. The molecule has 0 heterocycles. The molecular formula is C13H23N3. The third-order valence-electron chi connectivity index (χ3n) is 2.67. The van der Waals surface area contributed by atoms with E-state index >= 15 is 0 Å². The van der Waals surface area contributed by atoms with E-state index in [1.807, 2.05) is 24.3 Å². The fourth-order valence-corrected chi connectivity index (χ4v) is 1.64. The molecule has 3 heteroatoms. The van der Waals surface area contributed by atoms with Gasteiger partial charge in [0, 0.05) is 12.6 Å². The van der Waals surface area contributed by atoms with Gasteiger partial charge >= 0.3 is 0 Å². The van der Waals surface area contributed by atoms with Crippen molar-refractivity contribution in [2.24, 2.45) is 5.92 Å². The maximum atomic E-state index is 5.92. The molecule has 0 bridgehead atoms. The summed E-state index contributed by atoms with van der Waals surface area (Å²) in [5, 5.41) is 3.51. The van der Waals surface area contributed by atoms with Crippen LogP contribution in [0.5, 0.6) is 0 Å². The number of benzene rings is 1. The lowest BCUT2D eigenvalue weighted by Crippen LogP contribution is -2.36. The second-order valence-corrected chi connectivity index (χ2v) is 4.84. The van der Waals surface area contributed by atoms with Crippen molar-refractivity contribution in [1.29, 1.82) is 0 Å². The zero-order valence-electron chi connectivity index (χ0n) is 10.7. The van der Waals surface area contributed by atoms with Crippen molar-refractivity contribution in [2.75, 3.05) is 31.7 Å². The average molecular weight is 221 g/mol. The number of nitrogens with one attached hydrogen (secondary N) is 1. The first kappa shape index (κ1) is 12.8. The van der Waals surface area contributed by atoms with E-state index in [2.05, 4.69) is 38.2 Å².